The Morgan fingerprint density at radius 2 is 1.65 bits per heavy atom. The lowest BCUT2D eigenvalue weighted by Crippen LogP contribution is -2.47. The number of amides is 1. The van der Waals surface area contributed by atoms with E-state index in [4.69, 9.17) is 14.7 Å². The van der Waals surface area contributed by atoms with Gasteiger partial charge in [0.2, 0.25) is 5.91 Å². The normalized spacial score (nSPS) is 22.6. The maximum Gasteiger partial charge on any atom is 0.246 e. The number of aromatic nitrogens is 2. The summed E-state index contributed by atoms with van der Waals surface area (Å²) in [7, 11) is 1.57. The lowest BCUT2D eigenvalue weighted by Gasteiger charge is -2.37. The summed E-state index contributed by atoms with van der Waals surface area (Å²) in [4.78, 5) is 26.7. The van der Waals surface area contributed by atoms with E-state index in [1.807, 2.05) is 0 Å². The largest absolute Gasteiger partial charge is 0.375 e. The zero-order chi connectivity index (χ0) is 24.9. The first-order chi connectivity index (χ1) is 16.0. The summed E-state index contributed by atoms with van der Waals surface area (Å²) in [6.07, 6.45) is 5.87. The first-order valence-electron chi connectivity index (χ1n) is 13.1. The minimum Gasteiger partial charge on any atom is -0.375 e. The molecule has 2 fully saturated rings. The van der Waals surface area contributed by atoms with Gasteiger partial charge in [0.25, 0.3) is 0 Å². The molecule has 2 heterocycles. The quantitative estimate of drug-likeness (QED) is 0.648. The molecule has 0 unspecified atom stereocenters. The van der Waals surface area contributed by atoms with E-state index in [0.29, 0.717) is 6.04 Å². The molecule has 0 spiro atoms. The van der Waals surface area contributed by atoms with Gasteiger partial charge in [0, 0.05) is 56.2 Å². The summed E-state index contributed by atoms with van der Waals surface area (Å²) in [6, 6.07) is 2.53. The summed E-state index contributed by atoms with van der Waals surface area (Å²) in [6.45, 7) is 18.8. The topological polar surface area (TPSA) is 70.6 Å². The third-order valence-corrected chi connectivity index (χ3v) is 7.19. The fourth-order valence-electron chi connectivity index (χ4n) is 4.88. The number of methoxy groups -OCH3 is 1. The van der Waals surface area contributed by atoms with Gasteiger partial charge in [0.1, 0.15) is 18.2 Å². The van der Waals surface area contributed by atoms with Crippen LogP contribution in [-0.4, -0.2) is 73.3 Å². The van der Waals surface area contributed by atoms with E-state index >= 15 is 0 Å². The van der Waals surface area contributed by atoms with Gasteiger partial charge >= 0.3 is 0 Å². The summed E-state index contributed by atoms with van der Waals surface area (Å²) < 4.78 is 4.92. The zero-order valence-corrected chi connectivity index (χ0v) is 22.6. The van der Waals surface area contributed by atoms with Crippen molar-refractivity contribution < 1.29 is 9.53 Å². The predicted octanol–water partition coefficient (Wildman–Crippen LogP) is 3.91. The Labute approximate surface area is 207 Å². The number of hydrogen-bond acceptors (Lipinski definition) is 6. The number of nitrogens with zero attached hydrogens (tertiary/aromatic N) is 4. The van der Waals surface area contributed by atoms with Crippen LogP contribution in [0.25, 0.3) is 0 Å². The number of nitrogens with one attached hydrogen (secondary N) is 1. The average Bonchev–Trinajstić information content (AvgIpc) is 2.78. The third-order valence-electron chi connectivity index (χ3n) is 7.19. The van der Waals surface area contributed by atoms with E-state index in [2.05, 4.69) is 62.7 Å². The van der Waals surface area contributed by atoms with Gasteiger partial charge in [-0.2, -0.15) is 0 Å². The predicted molar refractivity (Wildman–Crippen MR) is 138 cm³/mol. The average molecular weight is 474 g/mol. The third kappa shape index (κ3) is 7.64. The fourth-order valence-corrected chi connectivity index (χ4v) is 4.88. The van der Waals surface area contributed by atoms with Crippen molar-refractivity contribution in [3.8, 4) is 0 Å². The van der Waals surface area contributed by atoms with Crippen LogP contribution >= 0.6 is 0 Å². The molecule has 34 heavy (non-hydrogen) atoms. The standard InChI is InChI=1S/C27H47N5O2/c1-26(2,3)22-18-23(30-25(29-22)27(4,5)6)32-16-14-31(15-17-32)13-12-20-8-10-21(11-9-20)28-24(33)19-34-7/h18,20-21H,8-17,19H2,1-7H3,(H,28,33)/t20-,21-. The van der Waals surface area contributed by atoms with Crippen molar-refractivity contribution in [2.45, 2.75) is 90.5 Å². The van der Waals surface area contributed by atoms with Crippen LogP contribution in [0.15, 0.2) is 6.07 Å². The molecule has 0 atom stereocenters. The minimum atomic E-state index is -0.0660. The Hall–Kier alpha value is -1.73. The molecule has 3 rings (SSSR count). The number of ether oxygens (including phenoxy) is 1. The van der Waals surface area contributed by atoms with Gasteiger partial charge in [0.15, 0.2) is 0 Å². The van der Waals surface area contributed by atoms with Crippen LogP contribution in [0.3, 0.4) is 0 Å². The molecule has 1 saturated carbocycles. The van der Waals surface area contributed by atoms with Crippen molar-refractivity contribution in [2.24, 2.45) is 5.92 Å². The van der Waals surface area contributed by atoms with Gasteiger partial charge in [-0.05, 0) is 44.6 Å². The summed E-state index contributed by atoms with van der Waals surface area (Å²) in [5.41, 5.74) is 1.06. The van der Waals surface area contributed by atoms with E-state index in [9.17, 15) is 4.79 Å². The molecular weight excluding hydrogens is 426 g/mol. The summed E-state index contributed by atoms with van der Waals surface area (Å²) >= 11 is 0. The number of anilines is 1. The van der Waals surface area contributed by atoms with Crippen molar-refractivity contribution in [3.05, 3.63) is 17.6 Å². The van der Waals surface area contributed by atoms with E-state index in [1.165, 1.54) is 25.8 Å². The molecule has 192 valence electrons. The number of rotatable bonds is 7. The second kappa shape index (κ2) is 11.3. The van der Waals surface area contributed by atoms with Crippen LogP contribution in [-0.2, 0) is 20.4 Å². The SMILES string of the molecule is COCC(=O)N[C@H]1CC[C@H](CCN2CCN(c3cc(C(C)(C)C)nc(C(C)(C)C)n3)CC2)CC1. The lowest BCUT2D eigenvalue weighted by molar-refractivity contribution is -0.125. The Morgan fingerprint density at radius 3 is 2.21 bits per heavy atom. The molecule has 0 aromatic carbocycles. The number of carbonyl (C=O) groups excluding carboxylic acids is 1. The molecule has 0 bridgehead atoms. The van der Waals surface area contributed by atoms with Gasteiger partial charge in [-0.1, -0.05) is 41.5 Å². The van der Waals surface area contributed by atoms with Crippen LogP contribution in [0.4, 0.5) is 5.82 Å². The molecule has 0 radical (unpaired) electrons. The molecule has 2 aliphatic rings. The molecule has 1 aromatic heterocycles. The highest BCUT2D eigenvalue weighted by molar-refractivity contribution is 5.77. The van der Waals surface area contributed by atoms with Crippen molar-refractivity contribution in [2.75, 3.05) is 51.3 Å². The van der Waals surface area contributed by atoms with E-state index < -0.39 is 0 Å². The molecule has 1 aliphatic heterocycles. The van der Waals surface area contributed by atoms with Crippen molar-refractivity contribution in [1.29, 1.82) is 0 Å². The van der Waals surface area contributed by atoms with Crippen LogP contribution in [0.1, 0.15) is 85.2 Å². The lowest BCUT2D eigenvalue weighted by atomic mass is 9.84. The maximum atomic E-state index is 11.7. The minimum absolute atomic E-state index is 0.00506. The molecule has 7 heteroatoms. The fraction of sp³-hybridized carbons (Fsp3) is 0.815. The van der Waals surface area contributed by atoms with Gasteiger partial charge in [-0.3, -0.25) is 9.69 Å². The highest BCUT2D eigenvalue weighted by atomic mass is 16.5. The van der Waals surface area contributed by atoms with Gasteiger partial charge in [0.05, 0.1) is 5.69 Å². The van der Waals surface area contributed by atoms with Crippen LogP contribution < -0.4 is 10.2 Å². The van der Waals surface area contributed by atoms with Crippen molar-refractivity contribution >= 4 is 11.7 Å². The highest BCUT2D eigenvalue weighted by Gasteiger charge is 2.27. The van der Waals surface area contributed by atoms with Crippen molar-refractivity contribution in [1.82, 2.24) is 20.2 Å². The molecule has 1 N–H and O–H groups in total. The van der Waals surface area contributed by atoms with E-state index in [-0.39, 0.29) is 23.3 Å². The Morgan fingerprint density at radius 1 is 1.00 bits per heavy atom. The van der Waals surface area contributed by atoms with Gasteiger partial charge < -0.3 is 15.0 Å². The monoisotopic (exact) mass is 473 g/mol. The second-order valence-corrected chi connectivity index (χ2v) is 12.3. The first kappa shape index (κ1) is 26.9. The molecule has 1 saturated heterocycles. The Kier molecular flexibility index (Phi) is 8.96. The molecule has 7 nitrogen and oxygen atoms in total. The molecule has 1 aliphatic carbocycles. The van der Waals surface area contributed by atoms with Crippen LogP contribution in [0, 0.1) is 5.92 Å². The van der Waals surface area contributed by atoms with Crippen LogP contribution in [0.5, 0.6) is 0 Å². The maximum absolute atomic E-state index is 11.7. The van der Waals surface area contributed by atoms with Gasteiger partial charge in [-0.25, -0.2) is 9.97 Å². The van der Waals surface area contributed by atoms with Gasteiger partial charge in [-0.15, -0.1) is 0 Å². The molecule has 1 aromatic rings. The Bertz CT molecular complexity index is 766. The zero-order valence-electron chi connectivity index (χ0n) is 22.6. The molecular formula is C27H47N5O2. The number of carbonyl (C=O) groups is 1. The van der Waals surface area contributed by atoms with E-state index in [1.54, 1.807) is 7.11 Å². The van der Waals surface area contributed by atoms with Crippen molar-refractivity contribution in [3.63, 3.8) is 0 Å². The van der Waals surface area contributed by atoms with E-state index in [0.717, 1.165) is 62.3 Å². The second-order valence-electron chi connectivity index (χ2n) is 12.3. The summed E-state index contributed by atoms with van der Waals surface area (Å²) in [5.74, 6) is 2.81. The highest BCUT2D eigenvalue weighted by Crippen LogP contribution is 2.29. The number of piperazine rings is 1. The first-order valence-corrected chi connectivity index (χ1v) is 13.1. The number of hydrogen-bond donors (Lipinski definition) is 1. The Balaban J connectivity index is 1.47. The molecule has 1 amide bonds. The summed E-state index contributed by atoms with van der Waals surface area (Å²) in [5, 5.41) is 3.10. The smallest absolute Gasteiger partial charge is 0.246 e. The van der Waals surface area contributed by atoms with Crippen LogP contribution in [0.2, 0.25) is 0 Å².